The summed E-state index contributed by atoms with van der Waals surface area (Å²) in [4.78, 5) is 6.57. The van der Waals surface area contributed by atoms with Crippen LogP contribution < -0.4 is 10.2 Å². The van der Waals surface area contributed by atoms with Gasteiger partial charge in [-0.1, -0.05) is 43.7 Å². The van der Waals surface area contributed by atoms with E-state index in [-0.39, 0.29) is 6.04 Å². The topological polar surface area (TPSA) is 53.9 Å². The molecule has 2 rings (SSSR count). The van der Waals surface area contributed by atoms with Crippen molar-refractivity contribution < 1.29 is 0 Å². The zero-order chi connectivity index (χ0) is 15.1. The van der Waals surface area contributed by atoms with E-state index >= 15 is 0 Å². The highest BCUT2D eigenvalue weighted by atomic mass is 15.3. The molecule has 5 heteroatoms. The number of nitrogens with one attached hydrogen (secondary N) is 1. The number of benzene rings is 1. The second kappa shape index (κ2) is 7.57. The molecular formula is C16H23N5. The first-order valence-corrected chi connectivity index (χ1v) is 7.43. The van der Waals surface area contributed by atoms with Crippen molar-refractivity contribution in [1.82, 2.24) is 15.2 Å². The van der Waals surface area contributed by atoms with Crippen LogP contribution in [0.25, 0.3) is 0 Å². The van der Waals surface area contributed by atoms with Gasteiger partial charge in [0.15, 0.2) is 5.82 Å². The number of hydrogen-bond acceptors (Lipinski definition) is 5. The molecular weight excluding hydrogens is 262 g/mol. The Kier molecular flexibility index (Phi) is 5.49. The van der Waals surface area contributed by atoms with E-state index in [4.69, 9.17) is 0 Å². The van der Waals surface area contributed by atoms with E-state index in [0.29, 0.717) is 5.95 Å². The predicted octanol–water partition coefficient (Wildman–Crippen LogP) is 3.28. The Labute approximate surface area is 126 Å². The zero-order valence-electron chi connectivity index (χ0n) is 13.0. The lowest BCUT2D eigenvalue weighted by atomic mass is 10.1. The number of nitrogens with zero attached hydrogens (tertiary/aromatic N) is 4. The molecule has 1 atom stereocenters. The van der Waals surface area contributed by atoms with Gasteiger partial charge >= 0.3 is 0 Å². The minimum atomic E-state index is 0.177. The highest BCUT2D eigenvalue weighted by Crippen LogP contribution is 2.17. The van der Waals surface area contributed by atoms with Crippen molar-refractivity contribution >= 4 is 11.8 Å². The van der Waals surface area contributed by atoms with E-state index in [1.165, 1.54) is 5.56 Å². The van der Waals surface area contributed by atoms with Gasteiger partial charge in [0.25, 0.3) is 0 Å². The Hall–Kier alpha value is -2.17. The molecule has 0 spiro atoms. The van der Waals surface area contributed by atoms with Gasteiger partial charge in [-0.05, 0) is 18.9 Å². The van der Waals surface area contributed by atoms with Gasteiger partial charge in [-0.3, -0.25) is 0 Å². The largest absolute Gasteiger partial charge is 0.362 e. The molecule has 0 saturated carbocycles. The molecule has 21 heavy (non-hydrogen) atoms. The molecule has 1 N–H and O–H groups in total. The molecule has 0 bridgehead atoms. The van der Waals surface area contributed by atoms with Crippen molar-refractivity contribution in [2.75, 3.05) is 23.8 Å². The maximum Gasteiger partial charge on any atom is 0.247 e. The third-order valence-corrected chi connectivity index (χ3v) is 3.40. The normalized spacial score (nSPS) is 12.0. The van der Waals surface area contributed by atoms with Gasteiger partial charge in [-0.15, -0.1) is 5.10 Å². The SMILES string of the molecule is CCCCN(C)c1nncc(NC(C)c2ccccc2)n1. The fourth-order valence-electron chi connectivity index (χ4n) is 2.07. The molecule has 0 saturated heterocycles. The van der Waals surface area contributed by atoms with E-state index in [2.05, 4.69) is 46.5 Å². The number of anilines is 2. The molecule has 1 unspecified atom stereocenters. The van der Waals surface area contributed by atoms with Crippen molar-refractivity contribution in [2.24, 2.45) is 0 Å². The number of aromatic nitrogens is 3. The van der Waals surface area contributed by atoms with Crippen molar-refractivity contribution in [3.8, 4) is 0 Å². The third kappa shape index (κ3) is 4.41. The first-order valence-electron chi connectivity index (χ1n) is 7.43. The van der Waals surface area contributed by atoms with Crippen LogP contribution in [0.5, 0.6) is 0 Å². The fraction of sp³-hybridized carbons (Fsp3) is 0.438. The highest BCUT2D eigenvalue weighted by Gasteiger charge is 2.09. The van der Waals surface area contributed by atoms with Crippen LogP contribution in [-0.2, 0) is 0 Å². The van der Waals surface area contributed by atoms with Gasteiger partial charge < -0.3 is 10.2 Å². The Morgan fingerprint density at radius 2 is 2.00 bits per heavy atom. The predicted molar refractivity (Wildman–Crippen MR) is 86.5 cm³/mol. The maximum absolute atomic E-state index is 4.53. The monoisotopic (exact) mass is 285 g/mol. The Bertz CT molecular complexity index is 543. The summed E-state index contributed by atoms with van der Waals surface area (Å²) >= 11 is 0. The molecule has 1 aromatic carbocycles. The van der Waals surface area contributed by atoms with Crippen LogP contribution in [0.3, 0.4) is 0 Å². The molecule has 5 nitrogen and oxygen atoms in total. The smallest absolute Gasteiger partial charge is 0.247 e. The van der Waals surface area contributed by atoms with E-state index in [1.54, 1.807) is 6.20 Å². The van der Waals surface area contributed by atoms with E-state index in [9.17, 15) is 0 Å². The molecule has 1 heterocycles. The Balaban J connectivity index is 2.04. The quantitative estimate of drug-likeness (QED) is 0.846. The van der Waals surface area contributed by atoms with Crippen LogP contribution in [0.15, 0.2) is 36.5 Å². The first-order chi connectivity index (χ1) is 10.2. The lowest BCUT2D eigenvalue weighted by molar-refractivity contribution is 0.738. The second-order valence-electron chi connectivity index (χ2n) is 5.19. The minimum absolute atomic E-state index is 0.177. The Morgan fingerprint density at radius 3 is 2.71 bits per heavy atom. The number of unbranched alkanes of at least 4 members (excludes halogenated alkanes) is 1. The van der Waals surface area contributed by atoms with Crippen LogP contribution in [0, 0.1) is 0 Å². The fourth-order valence-corrected chi connectivity index (χ4v) is 2.07. The van der Waals surface area contributed by atoms with Crippen LogP contribution >= 0.6 is 0 Å². The first kappa shape index (κ1) is 15.2. The van der Waals surface area contributed by atoms with Gasteiger partial charge in [-0.25, -0.2) is 0 Å². The average molecular weight is 285 g/mol. The lowest BCUT2D eigenvalue weighted by Gasteiger charge is -2.18. The number of rotatable bonds is 7. The summed E-state index contributed by atoms with van der Waals surface area (Å²) < 4.78 is 0. The van der Waals surface area contributed by atoms with E-state index in [1.807, 2.05) is 30.1 Å². The summed E-state index contributed by atoms with van der Waals surface area (Å²) in [6.45, 7) is 5.22. The van der Waals surface area contributed by atoms with Crippen LogP contribution in [0.4, 0.5) is 11.8 Å². The van der Waals surface area contributed by atoms with Crippen molar-refractivity contribution in [2.45, 2.75) is 32.7 Å². The maximum atomic E-state index is 4.53. The summed E-state index contributed by atoms with van der Waals surface area (Å²) in [5.74, 6) is 1.41. The molecule has 0 aliphatic heterocycles. The lowest BCUT2D eigenvalue weighted by Crippen LogP contribution is -2.22. The van der Waals surface area contributed by atoms with Gasteiger partial charge in [-0.2, -0.15) is 10.1 Å². The summed E-state index contributed by atoms with van der Waals surface area (Å²) in [5, 5.41) is 11.5. The molecule has 0 radical (unpaired) electrons. The summed E-state index contributed by atoms with van der Waals surface area (Å²) in [7, 11) is 2.00. The molecule has 0 aliphatic rings. The molecule has 0 aliphatic carbocycles. The molecule has 2 aromatic rings. The van der Waals surface area contributed by atoms with Crippen molar-refractivity contribution in [1.29, 1.82) is 0 Å². The van der Waals surface area contributed by atoms with Gasteiger partial charge in [0.2, 0.25) is 5.95 Å². The van der Waals surface area contributed by atoms with Crippen LogP contribution in [0.2, 0.25) is 0 Å². The average Bonchev–Trinajstić information content (AvgIpc) is 2.53. The molecule has 0 amide bonds. The third-order valence-electron chi connectivity index (χ3n) is 3.40. The van der Waals surface area contributed by atoms with Crippen LogP contribution in [-0.4, -0.2) is 28.8 Å². The minimum Gasteiger partial charge on any atom is -0.362 e. The standard InChI is InChI=1S/C16H23N5/c1-4-5-11-21(3)16-19-15(12-17-20-16)18-13(2)14-9-7-6-8-10-14/h6-10,12-13H,4-5,11H2,1-3H3,(H,18,19,20). The Morgan fingerprint density at radius 1 is 1.24 bits per heavy atom. The van der Waals surface area contributed by atoms with E-state index in [0.717, 1.165) is 25.2 Å². The van der Waals surface area contributed by atoms with Gasteiger partial charge in [0.05, 0.1) is 6.20 Å². The summed E-state index contributed by atoms with van der Waals surface area (Å²) in [6.07, 6.45) is 3.94. The second-order valence-corrected chi connectivity index (χ2v) is 5.19. The number of hydrogen-bond donors (Lipinski definition) is 1. The van der Waals surface area contributed by atoms with Gasteiger partial charge in [0.1, 0.15) is 0 Å². The summed E-state index contributed by atoms with van der Waals surface area (Å²) in [6, 6.07) is 10.5. The zero-order valence-corrected chi connectivity index (χ0v) is 13.0. The van der Waals surface area contributed by atoms with E-state index < -0.39 is 0 Å². The molecule has 1 aromatic heterocycles. The summed E-state index contributed by atoms with van der Waals surface area (Å²) in [5.41, 5.74) is 1.22. The molecule has 112 valence electrons. The van der Waals surface area contributed by atoms with Crippen LogP contribution in [0.1, 0.15) is 38.3 Å². The highest BCUT2D eigenvalue weighted by molar-refractivity contribution is 5.40. The van der Waals surface area contributed by atoms with Crippen molar-refractivity contribution in [3.63, 3.8) is 0 Å². The molecule has 0 fully saturated rings. The van der Waals surface area contributed by atoms with Crippen molar-refractivity contribution in [3.05, 3.63) is 42.1 Å². The van der Waals surface area contributed by atoms with Gasteiger partial charge in [0, 0.05) is 19.6 Å².